The predicted octanol–water partition coefficient (Wildman–Crippen LogP) is 2.60. The summed E-state index contributed by atoms with van der Waals surface area (Å²) in [7, 11) is 1.73. The van der Waals surface area contributed by atoms with Crippen molar-refractivity contribution in [1.82, 2.24) is 4.98 Å². The van der Waals surface area contributed by atoms with Gasteiger partial charge >= 0.3 is 0 Å². The zero-order valence-corrected chi connectivity index (χ0v) is 10.8. The molecule has 1 aromatic heterocycles. The molecule has 0 N–H and O–H groups in total. The number of pyridine rings is 1. The van der Waals surface area contributed by atoms with Crippen LogP contribution in [-0.2, 0) is 4.74 Å². The van der Waals surface area contributed by atoms with Crippen molar-refractivity contribution in [2.45, 2.75) is 44.8 Å². The van der Waals surface area contributed by atoms with E-state index in [-0.39, 0.29) is 12.2 Å². The van der Waals surface area contributed by atoms with Crippen LogP contribution in [0.15, 0.2) is 12.3 Å². The number of aromatic nitrogens is 1. The summed E-state index contributed by atoms with van der Waals surface area (Å²) in [6.07, 6.45) is 6.10. The summed E-state index contributed by atoms with van der Waals surface area (Å²) < 4.78 is 11.3. The molecule has 0 spiro atoms. The average molecular weight is 246 g/mol. The van der Waals surface area contributed by atoms with Gasteiger partial charge < -0.3 is 9.47 Å². The molecule has 0 bridgehead atoms. The summed E-state index contributed by atoms with van der Waals surface area (Å²) in [5.74, 6) is 0.458. The van der Waals surface area contributed by atoms with Crippen LogP contribution >= 0.6 is 0 Å². The molecule has 1 aromatic rings. The smallest absolute Gasteiger partial charge is 0.232 e. The normalized spacial score (nSPS) is 23.4. The second-order valence-electron chi connectivity index (χ2n) is 4.68. The zero-order chi connectivity index (χ0) is 13.0. The molecule has 0 aromatic carbocycles. The minimum Gasteiger partial charge on any atom is -0.473 e. The maximum Gasteiger partial charge on any atom is 0.232 e. The van der Waals surface area contributed by atoms with Gasteiger partial charge in [-0.15, -0.1) is 0 Å². The molecule has 4 nitrogen and oxygen atoms in total. The molecule has 1 fully saturated rings. The van der Waals surface area contributed by atoms with Crippen LogP contribution in [0.2, 0.25) is 0 Å². The summed E-state index contributed by atoms with van der Waals surface area (Å²) in [5, 5.41) is 9.13. The van der Waals surface area contributed by atoms with Crippen molar-refractivity contribution in [3.8, 4) is 11.9 Å². The molecule has 0 saturated heterocycles. The second-order valence-corrected chi connectivity index (χ2v) is 4.68. The van der Waals surface area contributed by atoms with Crippen molar-refractivity contribution < 1.29 is 9.47 Å². The average Bonchev–Trinajstić information content (AvgIpc) is 2.39. The summed E-state index contributed by atoms with van der Waals surface area (Å²) in [4.78, 5) is 4.17. The Morgan fingerprint density at radius 3 is 2.89 bits per heavy atom. The third-order valence-electron chi connectivity index (χ3n) is 3.43. The molecule has 1 saturated carbocycles. The largest absolute Gasteiger partial charge is 0.473 e. The van der Waals surface area contributed by atoms with Gasteiger partial charge in [0.15, 0.2) is 0 Å². The maximum atomic E-state index is 9.13. The lowest BCUT2D eigenvalue weighted by Crippen LogP contribution is -2.30. The number of nitriles is 1. The first kappa shape index (κ1) is 12.8. The lowest BCUT2D eigenvalue weighted by Gasteiger charge is -2.28. The minimum absolute atomic E-state index is 0.102. The number of hydrogen-bond acceptors (Lipinski definition) is 4. The van der Waals surface area contributed by atoms with Gasteiger partial charge in [0.1, 0.15) is 17.7 Å². The van der Waals surface area contributed by atoms with E-state index < -0.39 is 0 Å². The van der Waals surface area contributed by atoms with Crippen LogP contribution in [-0.4, -0.2) is 24.3 Å². The van der Waals surface area contributed by atoms with Crippen LogP contribution in [0.3, 0.4) is 0 Å². The number of rotatable bonds is 3. The third-order valence-corrected chi connectivity index (χ3v) is 3.43. The number of hydrogen-bond donors (Lipinski definition) is 0. The Morgan fingerprint density at radius 1 is 1.39 bits per heavy atom. The standard InChI is InChI=1S/C14H18N2O2/c1-10-6-7-16-14(13(10)9-15)18-12-5-3-4-11(8-12)17-2/h6-7,11-12H,3-5,8H2,1-2H3. The first-order chi connectivity index (χ1) is 8.74. The molecule has 1 heterocycles. The molecule has 1 aliphatic carbocycles. The van der Waals surface area contributed by atoms with E-state index >= 15 is 0 Å². The quantitative estimate of drug-likeness (QED) is 0.822. The molecule has 0 radical (unpaired) electrons. The van der Waals surface area contributed by atoms with E-state index in [4.69, 9.17) is 14.7 Å². The predicted molar refractivity (Wildman–Crippen MR) is 67.4 cm³/mol. The topological polar surface area (TPSA) is 55.1 Å². The van der Waals surface area contributed by atoms with Gasteiger partial charge in [0, 0.05) is 19.7 Å². The zero-order valence-electron chi connectivity index (χ0n) is 10.8. The van der Waals surface area contributed by atoms with Crippen molar-refractivity contribution in [2.24, 2.45) is 0 Å². The van der Waals surface area contributed by atoms with Crippen LogP contribution in [0.25, 0.3) is 0 Å². The first-order valence-corrected chi connectivity index (χ1v) is 6.29. The lowest BCUT2D eigenvalue weighted by atomic mass is 9.95. The fraction of sp³-hybridized carbons (Fsp3) is 0.571. The van der Waals surface area contributed by atoms with Gasteiger partial charge in [-0.05, 0) is 37.8 Å². The Morgan fingerprint density at radius 2 is 2.17 bits per heavy atom. The van der Waals surface area contributed by atoms with Gasteiger partial charge in [-0.3, -0.25) is 0 Å². The van der Waals surface area contributed by atoms with Crippen LogP contribution in [0.1, 0.15) is 36.8 Å². The monoisotopic (exact) mass is 246 g/mol. The van der Waals surface area contributed by atoms with Gasteiger partial charge in [-0.25, -0.2) is 4.98 Å². The molecule has 2 atom stereocenters. The van der Waals surface area contributed by atoms with Crippen molar-refractivity contribution in [2.75, 3.05) is 7.11 Å². The van der Waals surface area contributed by atoms with Crippen LogP contribution in [0.5, 0.6) is 5.88 Å². The highest BCUT2D eigenvalue weighted by atomic mass is 16.5. The second kappa shape index (κ2) is 5.83. The Hall–Kier alpha value is -1.60. The van der Waals surface area contributed by atoms with E-state index in [1.54, 1.807) is 13.3 Å². The summed E-state index contributed by atoms with van der Waals surface area (Å²) in [5.41, 5.74) is 1.44. The van der Waals surface area contributed by atoms with E-state index in [1.165, 1.54) is 0 Å². The molecular weight excluding hydrogens is 228 g/mol. The number of ether oxygens (including phenoxy) is 2. The fourth-order valence-electron chi connectivity index (χ4n) is 2.34. The number of aryl methyl sites for hydroxylation is 1. The molecule has 2 unspecified atom stereocenters. The fourth-order valence-corrected chi connectivity index (χ4v) is 2.34. The van der Waals surface area contributed by atoms with Crippen LogP contribution < -0.4 is 4.74 Å². The maximum absolute atomic E-state index is 9.13. The highest BCUT2D eigenvalue weighted by molar-refractivity contribution is 5.43. The van der Waals surface area contributed by atoms with Crippen molar-refractivity contribution in [3.05, 3.63) is 23.4 Å². The van der Waals surface area contributed by atoms with E-state index in [2.05, 4.69) is 11.1 Å². The van der Waals surface area contributed by atoms with E-state index in [0.717, 1.165) is 31.2 Å². The van der Waals surface area contributed by atoms with Crippen molar-refractivity contribution in [3.63, 3.8) is 0 Å². The van der Waals surface area contributed by atoms with Gasteiger partial charge in [-0.2, -0.15) is 5.26 Å². The molecular formula is C14H18N2O2. The Balaban J connectivity index is 2.10. The van der Waals surface area contributed by atoms with Crippen molar-refractivity contribution >= 4 is 0 Å². The molecule has 96 valence electrons. The number of nitrogens with zero attached hydrogens (tertiary/aromatic N) is 2. The van der Waals surface area contributed by atoms with E-state index in [9.17, 15) is 0 Å². The summed E-state index contributed by atoms with van der Waals surface area (Å²) in [6, 6.07) is 3.98. The van der Waals surface area contributed by atoms with Gasteiger partial charge in [-0.1, -0.05) is 0 Å². The number of methoxy groups -OCH3 is 1. The molecule has 0 aliphatic heterocycles. The molecule has 0 amide bonds. The lowest BCUT2D eigenvalue weighted by molar-refractivity contribution is 0.0194. The van der Waals surface area contributed by atoms with Crippen LogP contribution in [0.4, 0.5) is 0 Å². The Labute approximate surface area is 108 Å². The van der Waals surface area contributed by atoms with Gasteiger partial charge in [0.2, 0.25) is 5.88 Å². The summed E-state index contributed by atoms with van der Waals surface area (Å²) in [6.45, 7) is 1.89. The van der Waals surface area contributed by atoms with E-state index in [1.807, 2.05) is 13.0 Å². The summed E-state index contributed by atoms with van der Waals surface area (Å²) >= 11 is 0. The SMILES string of the molecule is COC1CCCC(Oc2nccc(C)c2C#N)C1. The molecule has 1 aliphatic rings. The Kier molecular flexibility index (Phi) is 4.16. The first-order valence-electron chi connectivity index (χ1n) is 6.29. The van der Waals surface area contributed by atoms with E-state index in [0.29, 0.717) is 11.4 Å². The molecule has 18 heavy (non-hydrogen) atoms. The highest BCUT2D eigenvalue weighted by Gasteiger charge is 2.24. The molecule has 4 heteroatoms. The van der Waals surface area contributed by atoms with Crippen molar-refractivity contribution in [1.29, 1.82) is 5.26 Å². The van der Waals surface area contributed by atoms with Crippen LogP contribution in [0, 0.1) is 18.3 Å². The minimum atomic E-state index is 0.102. The van der Waals surface area contributed by atoms with Gasteiger partial charge in [0.05, 0.1) is 6.10 Å². The van der Waals surface area contributed by atoms with Gasteiger partial charge in [0.25, 0.3) is 0 Å². The highest BCUT2D eigenvalue weighted by Crippen LogP contribution is 2.26. The third kappa shape index (κ3) is 2.80. The Bertz CT molecular complexity index is 454. The molecule has 2 rings (SSSR count).